The molecule has 0 aromatic heterocycles. The van der Waals surface area contributed by atoms with Crippen molar-refractivity contribution >= 4 is 61.6 Å². The van der Waals surface area contributed by atoms with Gasteiger partial charge in [-0.1, -0.05) is 18.2 Å². The molecule has 0 N–H and O–H groups in total. The number of hydrogen-bond acceptors (Lipinski definition) is 3. The molecule has 1 aliphatic rings. The third-order valence-electron chi connectivity index (χ3n) is 3.28. The van der Waals surface area contributed by atoms with E-state index in [2.05, 4.69) is 44.5 Å². The van der Waals surface area contributed by atoms with Gasteiger partial charge in [-0.15, -0.1) is 12.6 Å². The molecule has 0 radical (unpaired) electrons. The lowest BCUT2D eigenvalue weighted by Crippen LogP contribution is -1.98. The van der Waals surface area contributed by atoms with Gasteiger partial charge in [0.25, 0.3) is 0 Å². The van der Waals surface area contributed by atoms with Gasteiger partial charge in [-0.25, -0.2) is 4.79 Å². The largest absolute Gasteiger partial charge is 0.457 e. The SMILES string of the molecule is O=C1OCC(c2ccc(S)cc2)=C1c1ccc(Br)c(Br)c1. The van der Waals surface area contributed by atoms with E-state index in [1.165, 1.54) is 0 Å². The molecule has 3 rings (SSSR count). The Labute approximate surface area is 144 Å². The minimum Gasteiger partial charge on any atom is -0.457 e. The molecule has 0 aliphatic carbocycles. The lowest BCUT2D eigenvalue weighted by molar-refractivity contribution is -0.133. The summed E-state index contributed by atoms with van der Waals surface area (Å²) in [7, 11) is 0. The lowest BCUT2D eigenvalue weighted by atomic mass is 9.97. The smallest absolute Gasteiger partial charge is 0.339 e. The molecule has 0 fully saturated rings. The van der Waals surface area contributed by atoms with E-state index in [1.807, 2.05) is 42.5 Å². The van der Waals surface area contributed by atoms with E-state index in [4.69, 9.17) is 4.74 Å². The lowest BCUT2D eigenvalue weighted by Gasteiger charge is -2.06. The zero-order valence-electron chi connectivity index (χ0n) is 10.8. The van der Waals surface area contributed by atoms with Crippen molar-refractivity contribution in [2.24, 2.45) is 0 Å². The van der Waals surface area contributed by atoms with Crippen molar-refractivity contribution in [3.05, 3.63) is 62.5 Å². The van der Waals surface area contributed by atoms with E-state index in [-0.39, 0.29) is 5.97 Å². The maximum atomic E-state index is 12.1. The predicted molar refractivity (Wildman–Crippen MR) is 93.3 cm³/mol. The quantitative estimate of drug-likeness (QED) is 0.543. The summed E-state index contributed by atoms with van der Waals surface area (Å²) in [4.78, 5) is 13.0. The molecule has 5 heteroatoms. The van der Waals surface area contributed by atoms with E-state index in [0.29, 0.717) is 12.2 Å². The van der Waals surface area contributed by atoms with Crippen LogP contribution in [0.15, 0.2) is 56.3 Å². The van der Waals surface area contributed by atoms with E-state index >= 15 is 0 Å². The average Bonchev–Trinajstić information content (AvgIpc) is 2.85. The monoisotopic (exact) mass is 424 g/mol. The highest BCUT2D eigenvalue weighted by Crippen LogP contribution is 2.35. The number of thiol groups is 1. The third kappa shape index (κ3) is 2.96. The highest BCUT2D eigenvalue weighted by Gasteiger charge is 2.27. The van der Waals surface area contributed by atoms with E-state index in [9.17, 15) is 4.79 Å². The molecule has 21 heavy (non-hydrogen) atoms. The van der Waals surface area contributed by atoms with Gasteiger partial charge >= 0.3 is 5.97 Å². The van der Waals surface area contributed by atoms with Crippen molar-refractivity contribution in [1.82, 2.24) is 0 Å². The van der Waals surface area contributed by atoms with Crippen LogP contribution < -0.4 is 0 Å². The van der Waals surface area contributed by atoms with Crippen LogP contribution in [0, 0.1) is 0 Å². The molecule has 0 atom stereocenters. The minimum atomic E-state index is -0.283. The molecule has 0 bridgehead atoms. The molecule has 0 amide bonds. The first-order valence-corrected chi connectivity index (χ1v) is 8.24. The molecule has 0 saturated carbocycles. The second-order valence-corrected chi connectivity index (χ2v) is 6.83. The Morgan fingerprint density at radius 2 is 1.62 bits per heavy atom. The topological polar surface area (TPSA) is 26.3 Å². The molecular weight excluding hydrogens is 416 g/mol. The zero-order valence-corrected chi connectivity index (χ0v) is 14.8. The van der Waals surface area contributed by atoms with Crippen LogP contribution in [0.25, 0.3) is 11.1 Å². The zero-order chi connectivity index (χ0) is 15.0. The Kier molecular flexibility index (Phi) is 4.24. The summed E-state index contributed by atoms with van der Waals surface area (Å²) < 4.78 is 7.07. The number of hydrogen-bond donors (Lipinski definition) is 1. The highest BCUT2D eigenvalue weighted by atomic mass is 79.9. The van der Waals surface area contributed by atoms with Crippen molar-refractivity contribution in [1.29, 1.82) is 0 Å². The van der Waals surface area contributed by atoms with Crippen molar-refractivity contribution in [3.63, 3.8) is 0 Å². The fourth-order valence-corrected chi connectivity index (χ4v) is 3.01. The predicted octanol–water partition coefficient (Wildman–Crippen LogP) is 4.97. The van der Waals surface area contributed by atoms with Crippen LogP contribution in [-0.2, 0) is 9.53 Å². The summed E-state index contributed by atoms with van der Waals surface area (Å²) in [6.45, 7) is 0.299. The Morgan fingerprint density at radius 3 is 2.29 bits per heavy atom. The fourth-order valence-electron chi connectivity index (χ4n) is 2.24. The summed E-state index contributed by atoms with van der Waals surface area (Å²) in [6, 6.07) is 13.4. The van der Waals surface area contributed by atoms with Gasteiger partial charge in [0.2, 0.25) is 0 Å². The number of esters is 1. The number of rotatable bonds is 2. The van der Waals surface area contributed by atoms with E-state index < -0.39 is 0 Å². The summed E-state index contributed by atoms with van der Waals surface area (Å²) in [5.41, 5.74) is 3.35. The minimum absolute atomic E-state index is 0.283. The average molecular weight is 426 g/mol. The number of benzene rings is 2. The van der Waals surface area contributed by atoms with Crippen LogP contribution in [0.2, 0.25) is 0 Å². The first kappa shape index (κ1) is 14.9. The Morgan fingerprint density at radius 1 is 0.952 bits per heavy atom. The normalized spacial score (nSPS) is 14.5. The van der Waals surface area contributed by atoms with Gasteiger partial charge in [-0.05, 0) is 67.3 Å². The van der Waals surface area contributed by atoms with Gasteiger partial charge in [-0.3, -0.25) is 0 Å². The number of carbonyl (C=O) groups excluding carboxylic acids is 1. The van der Waals surface area contributed by atoms with Crippen molar-refractivity contribution in [2.75, 3.05) is 6.61 Å². The molecule has 0 spiro atoms. The maximum Gasteiger partial charge on any atom is 0.339 e. The van der Waals surface area contributed by atoms with Crippen LogP contribution in [0.4, 0.5) is 0 Å². The van der Waals surface area contributed by atoms with Crippen LogP contribution >= 0.6 is 44.5 Å². The molecule has 1 aliphatic heterocycles. The highest BCUT2D eigenvalue weighted by molar-refractivity contribution is 9.13. The molecule has 2 aromatic carbocycles. The maximum absolute atomic E-state index is 12.1. The first-order valence-electron chi connectivity index (χ1n) is 6.21. The molecule has 2 aromatic rings. The van der Waals surface area contributed by atoms with Gasteiger partial charge in [0, 0.05) is 19.4 Å². The van der Waals surface area contributed by atoms with E-state index in [1.54, 1.807) is 0 Å². The Hall–Kier alpha value is -1.04. The number of ether oxygens (including phenoxy) is 1. The third-order valence-corrected chi connectivity index (χ3v) is 5.46. The van der Waals surface area contributed by atoms with Crippen molar-refractivity contribution in [2.45, 2.75) is 4.90 Å². The summed E-state index contributed by atoms with van der Waals surface area (Å²) >= 11 is 11.2. The van der Waals surface area contributed by atoms with Crippen LogP contribution in [-0.4, -0.2) is 12.6 Å². The molecular formula is C16H10Br2O2S. The molecule has 1 heterocycles. The molecule has 106 valence electrons. The summed E-state index contributed by atoms with van der Waals surface area (Å²) in [5, 5.41) is 0. The standard InChI is InChI=1S/C16H10Br2O2S/c17-13-6-3-10(7-14(13)18)15-12(8-20-16(15)19)9-1-4-11(21)5-2-9/h1-7,21H,8H2. The van der Waals surface area contributed by atoms with Gasteiger partial charge in [0.15, 0.2) is 0 Å². The second kappa shape index (κ2) is 5.99. The molecule has 0 saturated heterocycles. The van der Waals surface area contributed by atoms with Crippen molar-refractivity contribution < 1.29 is 9.53 Å². The summed E-state index contributed by atoms with van der Waals surface area (Å²) in [5.74, 6) is -0.283. The van der Waals surface area contributed by atoms with Gasteiger partial charge in [0.05, 0.1) is 5.57 Å². The molecule has 0 unspecified atom stereocenters. The van der Waals surface area contributed by atoms with Crippen LogP contribution in [0.1, 0.15) is 11.1 Å². The Balaban J connectivity index is 2.14. The van der Waals surface area contributed by atoms with Crippen LogP contribution in [0.3, 0.4) is 0 Å². The van der Waals surface area contributed by atoms with Crippen LogP contribution in [0.5, 0.6) is 0 Å². The second-order valence-electron chi connectivity index (χ2n) is 4.61. The van der Waals surface area contributed by atoms with Crippen molar-refractivity contribution in [3.8, 4) is 0 Å². The van der Waals surface area contributed by atoms with E-state index in [0.717, 1.165) is 30.5 Å². The Bertz CT molecular complexity index is 751. The number of halogens is 2. The van der Waals surface area contributed by atoms with Gasteiger partial charge in [0.1, 0.15) is 6.61 Å². The first-order chi connectivity index (χ1) is 10.1. The summed E-state index contributed by atoms with van der Waals surface area (Å²) in [6.07, 6.45) is 0. The van der Waals surface area contributed by atoms with Gasteiger partial charge < -0.3 is 4.74 Å². The number of carbonyl (C=O) groups is 1. The molecule has 2 nitrogen and oxygen atoms in total. The van der Waals surface area contributed by atoms with Gasteiger partial charge in [-0.2, -0.15) is 0 Å². The fraction of sp³-hybridized carbons (Fsp3) is 0.0625. The number of cyclic esters (lactones) is 1.